The van der Waals surface area contributed by atoms with Crippen LogP contribution in [0.1, 0.15) is 57.1 Å². The maximum atomic E-state index is 12.6. The molecule has 1 aliphatic rings. The third-order valence-electron chi connectivity index (χ3n) is 4.92. The summed E-state index contributed by atoms with van der Waals surface area (Å²) >= 11 is 0. The number of hydrogen-bond donors (Lipinski definition) is 2. The van der Waals surface area contributed by atoms with Crippen LogP contribution in [-0.2, 0) is 4.79 Å². The van der Waals surface area contributed by atoms with Crippen LogP contribution in [0.2, 0.25) is 0 Å². The van der Waals surface area contributed by atoms with Crippen molar-refractivity contribution in [3.05, 3.63) is 35.9 Å². The maximum Gasteiger partial charge on any atom is 0.234 e. The fourth-order valence-corrected chi connectivity index (χ4v) is 3.75. The van der Waals surface area contributed by atoms with Crippen molar-refractivity contribution in [2.45, 2.75) is 51.5 Å². The van der Waals surface area contributed by atoms with Gasteiger partial charge in [-0.2, -0.15) is 0 Å². The van der Waals surface area contributed by atoms with E-state index < -0.39 is 0 Å². The molecule has 2 rings (SSSR count). The van der Waals surface area contributed by atoms with Gasteiger partial charge in [-0.15, -0.1) is 0 Å². The lowest BCUT2D eigenvalue weighted by Crippen LogP contribution is -2.42. The molecule has 0 aliphatic heterocycles. The topological polar surface area (TPSA) is 52.6 Å². The van der Waals surface area contributed by atoms with Crippen molar-refractivity contribution >= 4 is 5.91 Å². The highest BCUT2D eigenvalue weighted by atomic mass is 16.3. The largest absolute Gasteiger partial charge is 0.395 e. The van der Waals surface area contributed by atoms with Crippen LogP contribution < -0.4 is 5.32 Å². The molecular weight excluding hydrogens is 300 g/mol. The summed E-state index contributed by atoms with van der Waals surface area (Å²) in [6, 6.07) is 10.5. The van der Waals surface area contributed by atoms with E-state index in [2.05, 4.69) is 24.4 Å². The standard InChI is InChI=1S/C20H32N2O2/c1-2-13-22(14-15-23)16-19(24)21-20(17-9-5-3-6-10-17)18-11-7-4-8-12-18/h3,5-6,9-10,18,20,23H,2,4,7-8,11-16H2,1H3,(H,21,24). The summed E-state index contributed by atoms with van der Waals surface area (Å²) in [5.74, 6) is 0.596. The van der Waals surface area contributed by atoms with E-state index in [0.717, 1.165) is 13.0 Å². The van der Waals surface area contributed by atoms with Gasteiger partial charge in [-0.1, -0.05) is 56.5 Å². The lowest BCUT2D eigenvalue weighted by molar-refractivity contribution is -0.123. The van der Waals surface area contributed by atoms with Crippen LogP contribution in [-0.4, -0.2) is 42.2 Å². The lowest BCUT2D eigenvalue weighted by atomic mass is 9.81. The Morgan fingerprint density at radius 2 is 1.92 bits per heavy atom. The van der Waals surface area contributed by atoms with E-state index in [1.165, 1.54) is 37.7 Å². The molecule has 2 N–H and O–H groups in total. The van der Waals surface area contributed by atoms with Gasteiger partial charge in [-0.3, -0.25) is 9.69 Å². The molecule has 0 saturated heterocycles. The predicted molar refractivity (Wildman–Crippen MR) is 97.7 cm³/mol. The predicted octanol–water partition coefficient (Wildman–Crippen LogP) is 3.13. The Kier molecular flexibility index (Phi) is 8.26. The number of aliphatic hydroxyl groups excluding tert-OH is 1. The molecule has 4 heteroatoms. The monoisotopic (exact) mass is 332 g/mol. The Bertz CT molecular complexity index is 466. The number of hydrogen-bond acceptors (Lipinski definition) is 3. The van der Waals surface area contributed by atoms with Crippen molar-refractivity contribution in [1.82, 2.24) is 10.2 Å². The lowest BCUT2D eigenvalue weighted by Gasteiger charge is -2.32. The first-order valence-corrected chi connectivity index (χ1v) is 9.42. The quantitative estimate of drug-likeness (QED) is 0.730. The van der Waals surface area contributed by atoms with Gasteiger partial charge in [-0.05, 0) is 37.3 Å². The van der Waals surface area contributed by atoms with Gasteiger partial charge in [0.2, 0.25) is 5.91 Å². The van der Waals surface area contributed by atoms with Gasteiger partial charge in [0.15, 0.2) is 0 Å². The number of nitrogens with zero attached hydrogens (tertiary/aromatic N) is 1. The molecule has 1 atom stereocenters. The smallest absolute Gasteiger partial charge is 0.234 e. The molecule has 1 aromatic carbocycles. The second-order valence-corrected chi connectivity index (χ2v) is 6.85. The van der Waals surface area contributed by atoms with Crippen LogP contribution >= 0.6 is 0 Å². The molecule has 24 heavy (non-hydrogen) atoms. The Labute approximate surface area is 146 Å². The van der Waals surface area contributed by atoms with Crippen molar-refractivity contribution in [1.29, 1.82) is 0 Å². The van der Waals surface area contributed by atoms with Crippen LogP contribution in [0.4, 0.5) is 0 Å². The minimum atomic E-state index is 0.0660. The molecule has 4 nitrogen and oxygen atoms in total. The normalized spacial score (nSPS) is 17.0. The fraction of sp³-hybridized carbons (Fsp3) is 0.650. The molecule has 1 fully saturated rings. The first kappa shape index (κ1) is 18.9. The van der Waals surface area contributed by atoms with E-state index in [1.54, 1.807) is 0 Å². The van der Waals surface area contributed by atoms with Gasteiger partial charge in [0, 0.05) is 6.54 Å². The van der Waals surface area contributed by atoms with E-state index in [0.29, 0.717) is 19.0 Å². The third-order valence-corrected chi connectivity index (χ3v) is 4.92. The van der Waals surface area contributed by atoms with Gasteiger partial charge in [0.25, 0.3) is 0 Å². The fourth-order valence-electron chi connectivity index (χ4n) is 3.75. The molecule has 1 amide bonds. The van der Waals surface area contributed by atoms with Crippen molar-refractivity contribution in [2.24, 2.45) is 5.92 Å². The number of rotatable bonds is 9. The van der Waals surface area contributed by atoms with Crippen LogP contribution in [0.25, 0.3) is 0 Å². The van der Waals surface area contributed by atoms with Crippen LogP contribution in [0.15, 0.2) is 30.3 Å². The molecule has 1 saturated carbocycles. The Hall–Kier alpha value is -1.39. The molecule has 134 valence electrons. The first-order valence-electron chi connectivity index (χ1n) is 9.42. The van der Waals surface area contributed by atoms with E-state index >= 15 is 0 Å². The number of amides is 1. The van der Waals surface area contributed by atoms with Gasteiger partial charge in [-0.25, -0.2) is 0 Å². The zero-order valence-corrected chi connectivity index (χ0v) is 14.9. The van der Waals surface area contributed by atoms with Crippen molar-refractivity contribution in [3.63, 3.8) is 0 Å². The van der Waals surface area contributed by atoms with Crippen LogP contribution in [0.5, 0.6) is 0 Å². The molecule has 0 spiro atoms. The molecule has 1 unspecified atom stereocenters. The maximum absolute atomic E-state index is 12.6. The second-order valence-electron chi connectivity index (χ2n) is 6.85. The first-order chi connectivity index (χ1) is 11.7. The van der Waals surface area contributed by atoms with Crippen molar-refractivity contribution in [3.8, 4) is 0 Å². The highest BCUT2D eigenvalue weighted by molar-refractivity contribution is 5.78. The van der Waals surface area contributed by atoms with Crippen LogP contribution in [0.3, 0.4) is 0 Å². The summed E-state index contributed by atoms with van der Waals surface area (Å²) in [6.45, 7) is 3.95. The van der Waals surface area contributed by atoms with E-state index in [-0.39, 0.29) is 18.6 Å². The number of carbonyl (C=O) groups is 1. The van der Waals surface area contributed by atoms with Crippen molar-refractivity contribution in [2.75, 3.05) is 26.2 Å². The summed E-state index contributed by atoms with van der Waals surface area (Å²) in [5.41, 5.74) is 1.21. The minimum absolute atomic E-state index is 0.0660. The Morgan fingerprint density at radius 1 is 1.21 bits per heavy atom. The van der Waals surface area contributed by atoms with Gasteiger partial charge >= 0.3 is 0 Å². The summed E-state index contributed by atoms with van der Waals surface area (Å²) in [6.07, 6.45) is 7.20. The van der Waals surface area contributed by atoms with Crippen LogP contribution in [0, 0.1) is 5.92 Å². The second kappa shape index (κ2) is 10.5. The molecule has 0 aromatic heterocycles. The number of nitrogens with one attached hydrogen (secondary N) is 1. The zero-order chi connectivity index (χ0) is 17.2. The summed E-state index contributed by atoms with van der Waals surface area (Å²) < 4.78 is 0. The number of carbonyl (C=O) groups excluding carboxylic acids is 1. The highest BCUT2D eigenvalue weighted by Gasteiger charge is 2.26. The summed E-state index contributed by atoms with van der Waals surface area (Å²) in [4.78, 5) is 14.6. The average Bonchev–Trinajstić information content (AvgIpc) is 2.61. The minimum Gasteiger partial charge on any atom is -0.395 e. The van der Waals surface area contributed by atoms with Gasteiger partial charge in [0.05, 0.1) is 19.2 Å². The molecule has 0 bridgehead atoms. The van der Waals surface area contributed by atoms with Gasteiger partial charge in [0.1, 0.15) is 0 Å². The molecular formula is C20H32N2O2. The molecule has 1 aromatic rings. The van der Waals surface area contributed by atoms with E-state index in [1.807, 2.05) is 23.1 Å². The van der Waals surface area contributed by atoms with Gasteiger partial charge < -0.3 is 10.4 Å². The number of aliphatic hydroxyl groups is 1. The third kappa shape index (κ3) is 5.91. The number of benzene rings is 1. The van der Waals surface area contributed by atoms with E-state index in [4.69, 9.17) is 5.11 Å². The average molecular weight is 332 g/mol. The molecule has 0 heterocycles. The highest BCUT2D eigenvalue weighted by Crippen LogP contribution is 2.34. The Balaban J connectivity index is 2.02. The van der Waals surface area contributed by atoms with E-state index in [9.17, 15) is 4.79 Å². The van der Waals surface area contributed by atoms with Crippen molar-refractivity contribution < 1.29 is 9.90 Å². The summed E-state index contributed by atoms with van der Waals surface area (Å²) in [7, 11) is 0. The zero-order valence-electron chi connectivity index (χ0n) is 14.9. The molecule has 1 aliphatic carbocycles. The SMILES string of the molecule is CCCN(CCO)CC(=O)NC(c1ccccc1)C1CCCCC1. The molecule has 0 radical (unpaired) electrons. The summed E-state index contributed by atoms with van der Waals surface area (Å²) in [5, 5.41) is 12.5. The Morgan fingerprint density at radius 3 is 2.54 bits per heavy atom.